The lowest BCUT2D eigenvalue weighted by Crippen LogP contribution is -2.22. The molecule has 0 aliphatic rings. The fourth-order valence-electron chi connectivity index (χ4n) is 1.55. The lowest BCUT2D eigenvalue weighted by Gasteiger charge is -2.15. The lowest BCUT2D eigenvalue weighted by molar-refractivity contribution is -0.139. The fraction of sp³-hybridized carbons (Fsp3) is 0.538. The van der Waals surface area contributed by atoms with Crippen LogP contribution in [-0.4, -0.2) is 18.8 Å². The summed E-state index contributed by atoms with van der Waals surface area (Å²) >= 11 is 0. The van der Waals surface area contributed by atoms with Crippen molar-refractivity contribution in [3.05, 3.63) is 29.6 Å². The Hall–Kier alpha value is -1.30. The number of ether oxygens (including phenoxy) is 1. The maximum absolute atomic E-state index is 13.1. The van der Waals surface area contributed by atoms with Crippen molar-refractivity contribution in [2.45, 2.75) is 38.4 Å². The van der Waals surface area contributed by atoms with E-state index in [1.807, 2.05) is 6.92 Å². The summed E-state index contributed by atoms with van der Waals surface area (Å²) in [7, 11) is 0. The van der Waals surface area contributed by atoms with Gasteiger partial charge in [-0.15, -0.1) is 0 Å². The molecule has 1 unspecified atom stereocenters. The van der Waals surface area contributed by atoms with E-state index in [0.29, 0.717) is 18.4 Å². The molecule has 19 heavy (non-hydrogen) atoms. The van der Waals surface area contributed by atoms with Crippen molar-refractivity contribution < 1.29 is 22.3 Å². The van der Waals surface area contributed by atoms with Crippen molar-refractivity contribution in [1.29, 1.82) is 0 Å². The van der Waals surface area contributed by atoms with E-state index in [0.717, 1.165) is 6.07 Å². The Bertz CT molecular complexity index is 406. The van der Waals surface area contributed by atoms with E-state index in [2.05, 4.69) is 0 Å². The predicted octanol–water partition coefficient (Wildman–Crippen LogP) is 3.44. The molecule has 1 rings (SSSR count). The van der Waals surface area contributed by atoms with Crippen molar-refractivity contribution in [2.75, 3.05) is 6.61 Å². The van der Waals surface area contributed by atoms with Gasteiger partial charge in [-0.1, -0.05) is 6.92 Å². The van der Waals surface area contributed by atoms with Crippen LogP contribution in [-0.2, 0) is 6.42 Å². The van der Waals surface area contributed by atoms with Gasteiger partial charge in [0.1, 0.15) is 11.6 Å². The molecule has 0 heterocycles. The maximum Gasteiger partial charge on any atom is 0.392 e. The van der Waals surface area contributed by atoms with Crippen molar-refractivity contribution in [1.82, 2.24) is 0 Å². The molecule has 0 bridgehead atoms. The van der Waals surface area contributed by atoms with Crippen LogP contribution in [0.15, 0.2) is 18.2 Å². The summed E-state index contributed by atoms with van der Waals surface area (Å²) in [5.41, 5.74) is 6.26. The van der Waals surface area contributed by atoms with Crippen LogP contribution in [0.2, 0.25) is 0 Å². The number of hydrogen-bond donors (Lipinski definition) is 1. The summed E-state index contributed by atoms with van der Waals surface area (Å²) in [4.78, 5) is 0. The summed E-state index contributed by atoms with van der Waals surface area (Å²) in [5, 5.41) is 0. The highest BCUT2D eigenvalue weighted by atomic mass is 19.4. The number of benzene rings is 1. The van der Waals surface area contributed by atoms with Gasteiger partial charge >= 0.3 is 6.18 Å². The summed E-state index contributed by atoms with van der Waals surface area (Å²) in [5.74, 6) is -0.198. The van der Waals surface area contributed by atoms with Crippen LogP contribution in [0.4, 0.5) is 17.6 Å². The molecule has 1 atom stereocenters. The second-order valence-corrected chi connectivity index (χ2v) is 4.34. The van der Waals surface area contributed by atoms with Gasteiger partial charge in [0, 0.05) is 6.04 Å². The molecule has 0 fully saturated rings. The molecule has 0 aliphatic heterocycles. The van der Waals surface area contributed by atoms with Crippen LogP contribution in [0.3, 0.4) is 0 Å². The summed E-state index contributed by atoms with van der Waals surface area (Å²) in [6.45, 7) is 1.40. The largest absolute Gasteiger partial charge is 0.493 e. The second kappa shape index (κ2) is 6.75. The number of halogens is 4. The van der Waals surface area contributed by atoms with E-state index in [9.17, 15) is 17.6 Å². The van der Waals surface area contributed by atoms with Crippen molar-refractivity contribution in [2.24, 2.45) is 5.73 Å². The SMILES string of the molecule is CCC(N)Cc1cc(F)ccc1OCCC(F)(F)F. The number of hydrogen-bond acceptors (Lipinski definition) is 2. The van der Waals surface area contributed by atoms with Crippen LogP contribution in [0, 0.1) is 5.82 Å². The van der Waals surface area contributed by atoms with E-state index in [1.54, 1.807) is 0 Å². The van der Waals surface area contributed by atoms with Crippen LogP contribution in [0.1, 0.15) is 25.3 Å². The van der Waals surface area contributed by atoms with Gasteiger partial charge in [-0.3, -0.25) is 0 Å². The summed E-state index contributed by atoms with van der Waals surface area (Å²) in [6, 6.07) is 3.57. The minimum atomic E-state index is -4.26. The van der Waals surface area contributed by atoms with E-state index < -0.39 is 25.0 Å². The average molecular weight is 279 g/mol. The Morgan fingerprint density at radius 1 is 1.32 bits per heavy atom. The zero-order valence-electron chi connectivity index (χ0n) is 10.6. The molecule has 2 N–H and O–H groups in total. The van der Waals surface area contributed by atoms with Gasteiger partial charge in [0.05, 0.1) is 13.0 Å². The summed E-state index contributed by atoms with van der Waals surface area (Å²) < 4.78 is 54.3. The number of nitrogens with two attached hydrogens (primary N) is 1. The van der Waals surface area contributed by atoms with E-state index >= 15 is 0 Å². The van der Waals surface area contributed by atoms with Gasteiger partial charge in [-0.25, -0.2) is 4.39 Å². The van der Waals surface area contributed by atoms with Crippen molar-refractivity contribution in [3.8, 4) is 5.75 Å². The molecular formula is C13H17F4NO. The van der Waals surface area contributed by atoms with E-state index in [-0.39, 0.29) is 11.8 Å². The number of alkyl halides is 3. The molecule has 0 radical (unpaired) electrons. The molecule has 6 heteroatoms. The molecule has 108 valence electrons. The van der Waals surface area contributed by atoms with E-state index in [1.165, 1.54) is 12.1 Å². The first-order chi connectivity index (χ1) is 8.81. The Morgan fingerprint density at radius 2 is 2.00 bits per heavy atom. The van der Waals surface area contributed by atoms with Gasteiger partial charge in [0.25, 0.3) is 0 Å². The normalized spacial score (nSPS) is 13.4. The maximum atomic E-state index is 13.1. The van der Waals surface area contributed by atoms with Crippen LogP contribution >= 0.6 is 0 Å². The van der Waals surface area contributed by atoms with Crippen molar-refractivity contribution >= 4 is 0 Å². The summed E-state index contributed by atoms with van der Waals surface area (Å²) in [6.07, 6.45) is -4.24. The molecule has 0 saturated heterocycles. The first-order valence-corrected chi connectivity index (χ1v) is 6.05. The molecule has 0 amide bonds. The third-order valence-electron chi connectivity index (χ3n) is 2.67. The molecule has 2 nitrogen and oxygen atoms in total. The zero-order valence-corrected chi connectivity index (χ0v) is 10.6. The monoisotopic (exact) mass is 279 g/mol. The topological polar surface area (TPSA) is 35.2 Å². The Kier molecular flexibility index (Phi) is 5.60. The molecule has 0 saturated carbocycles. The van der Waals surface area contributed by atoms with Gasteiger partial charge in [-0.05, 0) is 36.6 Å². The Labute approximate surface area is 109 Å². The quantitative estimate of drug-likeness (QED) is 0.810. The van der Waals surface area contributed by atoms with Crippen molar-refractivity contribution in [3.63, 3.8) is 0 Å². The third-order valence-corrected chi connectivity index (χ3v) is 2.67. The predicted molar refractivity (Wildman–Crippen MR) is 64.5 cm³/mol. The lowest BCUT2D eigenvalue weighted by atomic mass is 10.0. The second-order valence-electron chi connectivity index (χ2n) is 4.34. The molecule has 1 aromatic carbocycles. The average Bonchev–Trinajstić information content (AvgIpc) is 2.30. The minimum absolute atomic E-state index is 0.174. The standard InChI is InChI=1S/C13H17F4NO/c1-2-11(18)8-9-7-10(14)3-4-12(9)19-6-5-13(15,16)17/h3-4,7,11H,2,5-6,8,18H2,1H3. The van der Waals surface area contributed by atoms with Crippen LogP contribution in [0.25, 0.3) is 0 Å². The first-order valence-electron chi connectivity index (χ1n) is 6.05. The molecular weight excluding hydrogens is 262 g/mol. The highest BCUT2D eigenvalue weighted by Crippen LogP contribution is 2.24. The first kappa shape index (κ1) is 15.8. The van der Waals surface area contributed by atoms with Crippen LogP contribution in [0.5, 0.6) is 5.75 Å². The fourth-order valence-corrected chi connectivity index (χ4v) is 1.55. The smallest absolute Gasteiger partial charge is 0.392 e. The highest BCUT2D eigenvalue weighted by molar-refractivity contribution is 5.34. The Balaban J connectivity index is 2.70. The molecule has 1 aromatic rings. The minimum Gasteiger partial charge on any atom is -0.493 e. The molecule has 0 spiro atoms. The van der Waals surface area contributed by atoms with Gasteiger partial charge < -0.3 is 10.5 Å². The van der Waals surface area contributed by atoms with Gasteiger partial charge in [0.15, 0.2) is 0 Å². The number of rotatable bonds is 6. The zero-order chi connectivity index (χ0) is 14.5. The molecule has 0 aromatic heterocycles. The highest BCUT2D eigenvalue weighted by Gasteiger charge is 2.27. The molecule has 0 aliphatic carbocycles. The van der Waals surface area contributed by atoms with Crippen LogP contribution < -0.4 is 10.5 Å². The van der Waals surface area contributed by atoms with E-state index in [4.69, 9.17) is 10.5 Å². The third kappa shape index (κ3) is 5.92. The van der Waals surface area contributed by atoms with Gasteiger partial charge in [0.2, 0.25) is 0 Å². The van der Waals surface area contributed by atoms with Gasteiger partial charge in [-0.2, -0.15) is 13.2 Å². The Morgan fingerprint density at radius 3 is 2.58 bits per heavy atom.